The number of hydrogen-bond acceptors (Lipinski definition) is 1. The molecule has 0 aromatic heterocycles. The van der Waals surface area contributed by atoms with Crippen molar-refractivity contribution in [2.24, 2.45) is 17.8 Å². The van der Waals surface area contributed by atoms with Gasteiger partial charge >= 0.3 is 0 Å². The fourth-order valence-electron chi connectivity index (χ4n) is 2.03. The Kier molecular flexibility index (Phi) is 2.94. The third-order valence-corrected chi connectivity index (χ3v) is 3.11. The van der Waals surface area contributed by atoms with Gasteiger partial charge in [0.1, 0.15) is 0 Å². The third-order valence-electron chi connectivity index (χ3n) is 3.11. The van der Waals surface area contributed by atoms with Crippen LogP contribution >= 0.6 is 0 Å². The zero-order valence-electron chi connectivity index (χ0n) is 7.88. The van der Waals surface area contributed by atoms with Gasteiger partial charge in [0.05, 0.1) is 6.10 Å². The van der Waals surface area contributed by atoms with Crippen LogP contribution in [0.2, 0.25) is 0 Å². The normalized spacial score (nSPS) is 39.5. The fraction of sp³-hybridized carbons (Fsp3) is 1.00. The van der Waals surface area contributed by atoms with E-state index in [-0.39, 0.29) is 6.10 Å². The molecule has 66 valence electrons. The number of aliphatic hydroxyl groups excluding tert-OH is 1. The van der Waals surface area contributed by atoms with Crippen molar-refractivity contribution < 1.29 is 5.11 Å². The average Bonchev–Trinajstić information content (AvgIpc) is 1.94. The van der Waals surface area contributed by atoms with Gasteiger partial charge in [0.15, 0.2) is 0 Å². The molecular weight excluding hydrogens is 136 g/mol. The minimum atomic E-state index is -0.0231. The molecule has 0 radical (unpaired) electrons. The van der Waals surface area contributed by atoms with Gasteiger partial charge in [-0.25, -0.2) is 0 Å². The third kappa shape index (κ3) is 2.19. The summed E-state index contributed by atoms with van der Waals surface area (Å²) in [7, 11) is 0. The first kappa shape index (κ1) is 9.05. The summed E-state index contributed by atoms with van der Waals surface area (Å²) >= 11 is 0. The van der Waals surface area contributed by atoms with Gasteiger partial charge in [0.2, 0.25) is 0 Å². The van der Waals surface area contributed by atoms with E-state index in [0.29, 0.717) is 5.92 Å². The first-order valence-electron chi connectivity index (χ1n) is 4.79. The predicted octanol–water partition coefficient (Wildman–Crippen LogP) is 2.44. The van der Waals surface area contributed by atoms with Crippen molar-refractivity contribution in [3.8, 4) is 0 Å². The molecular formula is C10H20O. The van der Waals surface area contributed by atoms with Gasteiger partial charge in [-0.3, -0.25) is 0 Å². The lowest BCUT2D eigenvalue weighted by Crippen LogP contribution is -2.29. The van der Waals surface area contributed by atoms with E-state index in [9.17, 15) is 5.11 Å². The molecule has 1 rings (SSSR count). The van der Waals surface area contributed by atoms with E-state index in [1.165, 1.54) is 12.8 Å². The molecule has 1 N–H and O–H groups in total. The van der Waals surface area contributed by atoms with Gasteiger partial charge in [-0.1, -0.05) is 20.8 Å². The molecule has 11 heavy (non-hydrogen) atoms. The van der Waals surface area contributed by atoms with E-state index in [2.05, 4.69) is 20.8 Å². The summed E-state index contributed by atoms with van der Waals surface area (Å²) in [4.78, 5) is 0. The van der Waals surface area contributed by atoms with Gasteiger partial charge in [0.25, 0.3) is 0 Å². The maximum absolute atomic E-state index is 9.48. The van der Waals surface area contributed by atoms with Gasteiger partial charge in [-0.15, -0.1) is 0 Å². The summed E-state index contributed by atoms with van der Waals surface area (Å²) in [5, 5.41) is 9.48. The molecule has 0 aliphatic heterocycles. The second-order valence-electron chi connectivity index (χ2n) is 4.36. The van der Waals surface area contributed by atoms with Crippen LogP contribution in [-0.2, 0) is 0 Å². The molecule has 3 atom stereocenters. The Labute approximate surface area is 69.8 Å². The summed E-state index contributed by atoms with van der Waals surface area (Å²) in [6.45, 7) is 6.74. The maximum Gasteiger partial charge on any atom is 0.0566 e. The smallest absolute Gasteiger partial charge is 0.0566 e. The number of rotatable bonds is 1. The van der Waals surface area contributed by atoms with Crippen LogP contribution in [0, 0.1) is 17.8 Å². The van der Waals surface area contributed by atoms with E-state index in [1.807, 2.05) is 0 Å². The Morgan fingerprint density at radius 1 is 1.27 bits per heavy atom. The van der Waals surface area contributed by atoms with Crippen molar-refractivity contribution in [1.82, 2.24) is 0 Å². The highest BCUT2D eigenvalue weighted by atomic mass is 16.3. The highest BCUT2D eigenvalue weighted by Gasteiger charge is 2.27. The molecule has 0 unspecified atom stereocenters. The summed E-state index contributed by atoms with van der Waals surface area (Å²) in [6, 6.07) is 0. The topological polar surface area (TPSA) is 20.2 Å². The van der Waals surface area contributed by atoms with E-state index >= 15 is 0 Å². The lowest BCUT2D eigenvalue weighted by Gasteiger charge is -2.33. The van der Waals surface area contributed by atoms with Crippen LogP contribution in [0.1, 0.15) is 40.0 Å². The fourth-order valence-corrected chi connectivity index (χ4v) is 2.03. The second kappa shape index (κ2) is 3.57. The Morgan fingerprint density at radius 2 is 1.91 bits per heavy atom. The molecule has 0 spiro atoms. The van der Waals surface area contributed by atoms with Crippen LogP contribution in [0.15, 0.2) is 0 Å². The first-order valence-corrected chi connectivity index (χ1v) is 4.79. The van der Waals surface area contributed by atoms with Crippen LogP contribution in [0.5, 0.6) is 0 Å². The van der Waals surface area contributed by atoms with Crippen molar-refractivity contribution in [3.05, 3.63) is 0 Å². The van der Waals surface area contributed by atoms with Crippen molar-refractivity contribution in [1.29, 1.82) is 0 Å². The predicted molar refractivity (Wildman–Crippen MR) is 47.3 cm³/mol. The summed E-state index contributed by atoms with van der Waals surface area (Å²) in [6.07, 6.45) is 3.44. The van der Waals surface area contributed by atoms with Crippen LogP contribution < -0.4 is 0 Å². The molecule has 0 aromatic rings. The highest BCUT2D eigenvalue weighted by Crippen LogP contribution is 2.33. The standard InChI is InChI=1S/C10H20O/c1-7(2)9-4-5-10(11)8(3)6-9/h7-11H,4-6H2,1-3H3/t8-,9+,10+/m0/s1. The van der Waals surface area contributed by atoms with Crippen LogP contribution in [0.25, 0.3) is 0 Å². The molecule has 1 saturated carbocycles. The van der Waals surface area contributed by atoms with E-state index < -0.39 is 0 Å². The van der Waals surface area contributed by atoms with Crippen molar-refractivity contribution in [2.45, 2.75) is 46.1 Å². The number of aliphatic hydroxyl groups is 1. The lowest BCUT2D eigenvalue weighted by molar-refractivity contribution is 0.0465. The molecule has 1 aliphatic rings. The second-order valence-corrected chi connectivity index (χ2v) is 4.36. The molecule has 1 fully saturated rings. The maximum atomic E-state index is 9.48. The van der Waals surface area contributed by atoms with Gasteiger partial charge in [0, 0.05) is 0 Å². The van der Waals surface area contributed by atoms with Crippen molar-refractivity contribution in [3.63, 3.8) is 0 Å². The lowest BCUT2D eigenvalue weighted by atomic mass is 9.75. The minimum absolute atomic E-state index is 0.0231. The van der Waals surface area contributed by atoms with Crippen LogP contribution in [-0.4, -0.2) is 11.2 Å². The van der Waals surface area contributed by atoms with E-state index in [4.69, 9.17) is 0 Å². The summed E-state index contributed by atoms with van der Waals surface area (Å²) < 4.78 is 0. The molecule has 1 aliphatic carbocycles. The van der Waals surface area contributed by atoms with Crippen molar-refractivity contribution in [2.75, 3.05) is 0 Å². The Balaban J connectivity index is 2.40. The average molecular weight is 156 g/mol. The monoisotopic (exact) mass is 156 g/mol. The quantitative estimate of drug-likeness (QED) is 0.618. The van der Waals surface area contributed by atoms with Crippen molar-refractivity contribution >= 4 is 0 Å². The molecule has 0 aromatic carbocycles. The molecule has 0 saturated heterocycles. The highest BCUT2D eigenvalue weighted by molar-refractivity contribution is 4.78. The zero-order chi connectivity index (χ0) is 8.43. The Hall–Kier alpha value is -0.0400. The minimum Gasteiger partial charge on any atom is -0.393 e. The number of hydrogen-bond donors (Lipinski definition) is 1. The Bertz CT molecular complexity index is 120. The molecule has 0 bridgehead atoms. The zero-order valence-corrected chi connectivity index (χ0v) is 7.88. The summed E-state index contributed by atoms with van der Waals surface area (Å²) in [5.74, 6) is 2.18. The van der Waals surface area contributed by atoms with Gasteiger partial charge < -0.3 is 5.11 Å². The van der Waals surface area contributed by atoms with E-state index in [1.54, 1.807) is 0 Å². The van der Waals surface area contributed by atoms with Crippen LogP contribution in [0.3, 0.4) is 0 Å². The molecule has 1 nitrogen and oxygen atoms in total. The van der Waals surface area contributed by atoms with Gasteiger partial charge in [-0.05, 0) is 37.0 Å². The SMILES string of the molecule is CC(C)[C@@H]1CC[C@@H](O)[C@@H](C)C1. The molecule has 1 heteroatoms. The largest absolute Gasteiger partial charge is 0.393 e. The van der Waals surface area contributed by atoms with Crippen LogP contribution in [0.4, 0.5) is 0 Å². The molecule has 0 heterocycles. The molecule has 0 amide bonds. The Morgan fingerprint density at radius 3 is 2.36 bits per heavy atom. The van der Waals surface area contributed by atoms with E-state index in [0.717, 1.165) is 18.3 Å². The summed E-state index contributed by atoms with van der Waals surface area (Å²) in [5.41, 5.74) is 0. The first-order chi connectivity index (χ1) is 5.11. The van der Waals surface area contributed by atoms with Gasteiger partial charge in [-0.2, -0.15) is 0 Å².